The number of aromatic nitrogens is 2. The molecule has 4 nitrogen and oxygen atoms in total. The van der Waals surface area contributed by atoms with Crippen molar-refractivity contribution >= 4 is 22.7 Å². The molecule has 0 aliphatic carbocycles. The lowest BCUT2D eigenvalue weighted by molar-refractivity contribution is 0.339. The third-order valence-corrected chi connectivity index (χ3v) is 3.53. The van der Waals surface area contributed by atoms with E-state index in [9.17, 15) is 5.26 Å². The molecule has 0 aliphatic heterocycles. The molecule has 0 saturated carbocycles. The predicted octanol–water partition coefficient (Wildman–Crippen LogP) is 4.33. The van der Waals surface area contributed by atoms with Crippen LogP contribution in [0.3, 0.4) is 0 Å². The van der Waals surface area contributed by atoms with Gasteiger partial charge in [-0.25, -0.2) is 4.98 Å². The zero-order valence-corrected chi connectivity index (χ0v) is 13.1. The van der Waals surface area contributed by atoms with Crippen LogP contribution in [0.25, 0.3) is 22.7 Å². The normalized spacial score (nSPS) is 11.4. The number of aromatic amines is 1. The average Bonchev–Trinajstić information content (AvgIpc) is 2.97. The molecule has 0 amide bonds. The number of imidazole rings is 1. The molecule has 3 rings (SSSR count). The Labute approximate surface area is 135 Å². The molecule has 0 atom stereocenters. The van der Waals surface area contributed by atoms with Crippen LogP contribution >= 0.6 is 0 Å². The minimum absolute atomic E-state index is 0.478. The molecule has 0 saturated heterocycles. The summed E-state index contributed by atoms with van der Waals surface area (Å²) in [4.78, 5) is 7.73. The molecular weight excluding hydrogens is 286 g/mol. The highest BCUT2D eigenvalue weighted by molar-refractivity contribution is 5.91. The van der Waals surface area contributed by atoms with E-state index in [0.29, 0.717) is 18.0 Å². The van der Waals surface area contributed by atoms with Crippen LogP contribution in [0.2, 0.25) is 0 Å². The molecule has 0 radical (unpaired) electrons. The number of rotatable bonds is 4. The molecular formula is C19H17N3O. The largest absolute Gasteiger partial charge is 0.493 e. The van der Waals surface area contributed by atoms with E-state index in [1.54, 1.807) is 6.08 Å². The molecule has 4 heteroatoms. The highest BCUT2D eigenvalue weighted by Crippen LogP contribution is 2.25. The van der Waals surface area contributed by atoms with Crippen LogP contribution in [-0.4, -0.2) is 16.6 Å². The van der Waals surface area contributed by atoms with Gasteiger partial charge in [-0.3, -0.25) is 0 Å². The number of H-pyrrole nitrogens is 1. The van der Waals surface area contributed by atoms with E-state index in [-0.39, 0.29) is 0 Å². The first-order valence-electron chi connectivity index (χ1n) is 7.51. The average molecular weight is 303 g/mol. The third kappa shape index (κ3) is 3.09. The summed E-state index contributed by atoms with van der Waals surface area (Å²) in [5.74, 6) is 1.33. The fourth-order valence-electron chi connectivity index (χ4n) is 2.45. The lowest BCUT2D eigenvalue weighted by Crippen LogP contribution is -1.94. The molecule has 23 heavy (non-hydrogen) atoms. The zero-order valence-electron chi connectivity index (χ0n) is 13.1. The quantitative estimate of drug-likeness (QED) is 0.729. The summed E-state index contributed by atoms with van der Waals surface area (Å²) in [6.45, 7) is 4.54. The van der Waals surface area contributed by atoms with Crippen LogP contribution < -0.4 is 4.74 Å². The highest BCUT2D eigenvalue weighted by Gasteiger charge is 2.09. The van der Waals surface area contributed by atoms with Gasteiger partial charge in [-0.1, -0.05) is 24.3 Å². The molecule has 1 aromatic heterocycles. The molecule has 0 unspecified atom stereocenters. The van der Waals surface area contributed by atoms with Gasteiger partial charge in [-0.15, -0.1) is 0 Å². The molecule has 1 heterocycles. The van der Waals surface area contributed by atoms with Crippen LogP contribution in [0.4, 0.5) is 0 Å². The first-order valence-corrected chi connectivity index (χ1v) is 7.51. The Balaban J connectivity index is 2.06. The van der Waals surface area contributed by atoms with Crippen LogP contribution in [0.15, 0.2) is 42.5 Å². The number of fused-ring (bicyclic) bond motifs is 1. The number of nitrogens with zero attached hydrogens (tertiary/aromatic N) is 2. The maximum atomic E-state index is 9.52. The molecule has 114 valence electrons. The van der Waals surface area contributed by atoms with Crippen molar-refractivity contribution < 1.29 is 4.74 Å². The van der Waals surface area contributed by atoms with Crippen LogP contribution in [-0.2, 0) is 0 Å². The first kappa shape index (κ1) is 14.9. The molecule has 0 aliphatic rings. The molecule has 2 aromatic carbocycles. The van der Waals surface area contributed by atoms with Gasteiger partial charge in [0.2, 0.25) is 0 Å². The molecule has 0 fully saturated rings. The van der Waals surface area contributed by atoms with Crippen molar-refractivity contribution in [1.29, 1.82) is 5.26 Å². The van der Waals surface area contributed by atoms with Gasteiger partial charge in [-0.05, 0) is 43.7 Å². The van der Waals surface area contributed by atoms with E-state index in [4.69, 9.17) is 4.74 Å². The Morgan fingerprint density at radius 3 is 2.91 bits per heavy atom. The van der Waals surface area contributed by atoms with Gasteiger partial charge in [0.1, 0.15) is 17.6 Å². The second-order valence-corrected chi connectivity index (χ2v) is 5.25. The fourth-order valence-corrected chi connectivity index (χ4v) is 2.45. The maximum absolute atomic E-state index is 9.52. The Bertz CT molecular complexity index is 916. The van der Waals surface area contributed by atoms with Gasteiger partial charge in [0, 0.05) is 5.56 Å². The fraction of sp³-hybridized carbons (Fsp3) is 0.158. The van der Waals surface area contributed by atoms with Crippen LogP contribution in [0.1, 0.15) is 23.9 Å². The summed E-state index contributed by atoms with van der Waals surface area (Å²) in [7, 11) is 0. The van der Waals surface area contributed by atoms with Crippen LogP contribution in [0, 0.1) is 18.3 Å². The molecule has 0 spiro atoms. The zero-order chi connectivity index (χ0) is 16.2. The van der Waals surface area contributed by atoms with Gasteiger partial charge >= 0.3 is 0 Å². The third-order valence-electron chi connectivity index (χ3n) is 3.53. The molecule has 3 aromatic rings. The minimum atomic E-state index is 0.478. The van der Waals surface area contributed by atoms with Gasteiger partial charge < -0.3 is 9.72 Å². The Morgan fingerprint density at radius 1 is 1.30 bits per heavy atom. The van der Waals surface area contributed by atoms with Gasteiger partial charge in [0.25, 0.3) is 0 Å². The molecule has 0 bridgehead atoms. The smallest absolute Gasteiger partial charge is 0.149 e. The van der Waals surface area contributed by atoms with Gasteiger partial charge in [0.15, 0.2) is 0 Å². The second-order valence-electron chi connectivity index (χ2n) is 5.25. The van der Waals surface area contributed by atoms with Crippen molar-refractivity contribution in [2.75, 3.05) is 6.61 Å². The van der Waals surface area contributed by atoms with Gasteiger partial charge in [0.05, 0.1) is 23.2 Å². The van der Waals surface area contributed by atoms with E-state index >= 15 is 0 Å². The summed E-state index contributed by atoms with van der Waals surface area (Å²) in [5, 5.41) is 9.52. The number of para-hydroxylation sites is 1. The topological polar surface area (TPSA) is 61.7 Å². The van der Waals surface area contributed by atoms with Crippen molar-refractivity contribution in [1.82, 2.24) is 9.97 Å². The SMILES string of the molecule is CCOc1ccccc1C=C(C#N)c1nc2ccc(C)cc2[nH]1. The number of hydrogen-bond donors (Lipinski definition) is 1. The number of nitriles is 1. The number of aryl methyl sites for hydroxylation is 1. The Hall–Kier alpha value is -3.06. The summed E-state index contributed by atoms with van der Waals surface area (Å²) in [5.41, 5.74) is 4.27. The van der Waals surface area contributed by atoms with Crippen molar-refractivity contribution in [2.45, 2.75) is 13.8 Å². The lowest BCUT2D eigenvalue weighted by atomic mass is 10.1. The van der Waals surface area contributed by atoms with E-state index in [2.05, 4.69) is 16.0 Å². The monoisotopic (exact) mass is 303 g/mol. The molecule has 1 N–H and O–H groups in total. The van der Waals surface area contributed by atoms with Crippen LogP contribution in [0.5, 0.6) is 5.75 Å². The minimum Gasteiger partial charge on any atom is -0.493 e. The van der Waals surface area contributed by atoms with E-state index < -0.39 is 0 Å². The van der Waals surface area contributed by atoms with Crippen molar-refractivity contribution in [3.05, 3.63) is 59.4 Å². The number of allylic oxidation sites excluding steroid dienone is 1. The first-order chi connectivity index (χ1) is 11.2. The van der Waals surface area contributed by atoms with Crippen molar-refractivity contribution in [2.24, 2.45) is 0 Å². The van der Waals surface area contributed by atoms with E-state index in [1.807, 2.05) is 56.3 Å². The maximum Gasteiger partial charge on any atom is 0.149 e. The standard InChI is InChI=1S/C19H17N3O/c1-3-23-18-7-5-4-6-14(18)11-15(12-20)19-21-16-9-8-13(2)10-17(16)22-19/h4-11H,3H2,1-2H3,(H,21,22). The lowest BCUT2D eigenvalue weighted by Gasteiger charge is -2.06. The van der Waals surface area contributed by atoms with E-state index in [1.165, 1.54) is 0 Å². The summed E-state index contributed by atoms with van der Waals surface area (Å²) >= 11 is 0. The second kappa shape index (κ2) is 6.37. The van der Waals surface area contributed by atoms with E-state index in [0.717, 1.165) is 27.9 Å². The number of benzene rings is 2. The summed E-state index contributed by atoms with van der Waals surface area (Å²) in [6.07, 6.45) is 1.80. The number of ether oxygens (including phenoxy) is 1. The Morgan fingerprint density at radius 2 is 2.13 bits per heavy atom. The van der Waals surface area contributed by atoms with Crippen molar-refractivity contribution in [3.63, 3.8) is 0 Å². The predicted molar refractivity (Wildman–Crippen MR) is 91.9 cm³/mol. The Kier molecular flexibility index (Phi) is 4.11. The summed E-state index contributed by atoms with van der Waals surface area (Å²) in [6, 6.07) is 15.9. The number of nitrogens with one attached hydrogen (secondary N) is 1. The highest BCUT2D eigenvalue weighted by atomic mass is 16.5. The van der Waals surface area contributed by atoms with Gasteiger partial charge in [-0.2, -0.15) is 5.26 Å². The number of hydrogen-bond acceptors (Lipinski definition) is 3. The van der Waals surface area contributed by atoms with Crippen molar-refractivity contribution in [3.8, 4) is 11.8 Å². The summed E-state index contributed by atoms with van der Waals surface area (Å²) < 4.78 is 5.61.